The monoisotopic (exact) mass is 349 g/mol. The molecule has 0 aliphatic heterocycles. The number of ether oxygens (including phenoxy) is 1. The van der Waals surface area contributed by atoms with E-state index in [1.807, 2.05) is 13.8 Å². The Morgan fingerprint density at radius 2 is 2.04 bits per heavy atom. The second-order valence-electron chi connectivity index (χ2n) is 5.43. The van der Waals surface area contributed by atoms with E-state index in [1.54, 1.807) is 24.3 Å². The molecule has 1 aromatic carbocycles. The van der Waals surface area contributed by atoms with Crippen LogP contribution in [0.4, 0.5) is 5.69 Å². The number of nitrogens with zero attached hydrogens (tertiary/aromatic N) is 3. The molecule has 0 unspecified atom stereocenters. The van der Waals surface area contributed by atoms with Gasteiger partial charge in [0.1, 0.15) is 6.33 Å². The van der Waals surface area contributed by atoms with E-state index in [-0.39, 0.29) is 23.5 Å². The summed E-state index contributed by atoms with van der Waals surface area (Å²) in [4.78, 5) is 23.7. The molecule has 0 aliphatic rings. The van der Waals surface area contributed by atoms with Gasteiger partial charge in [0.05, 0.1) is 17.9 Å². The van der Waals surface area contributed by atoms with Gasteiger partial charge in [0.25, 0.3) is 0 Å². The molecule has 0 atom stereocenters. The number of benzene rings is 1. The van der Waals surface area contributed by atoms with E-state index in [4.69, 9.17) is 10.6 Å². The molecule has 24 heavy (non-hydrogen) atoms. The third-order valence-corrected chi connectivity index (χ3v) is 3.78. The minimum Gasteiger partial charge on any atom is -0.462 e. The number of esters is 1. The minimum absolute atomic E-state index is 0.147. The van der Waals surface area contributed by atoms with E-state index >= 15 is 0 Å². The number of anilines is 1. The number of hydrogen-bond acceptors (Lipinski definition) is 7. The number of nitrogens with one attached hydrogen (secondary N) is 1. The third kappa shape index (κ3) is 5.27. The molecular weight excluding hydrogens is 330 g/mol. The lowest BCUT2D eigenvalue weighted by Crippen LogP contribution is -2.16. The standard InChI is InChI=1S/C15H19N5O3S/c1-10(2)7-23-14(22)11-3-5-12(6-4-11)18-13(21)8-24-15-19-17-9-20(15)16/h3-6,9-10H,7-8,16H2,1-2H3,(H,18,21). The van der Waals surface area contributed by atoms with Crippen molar-refractivity contribution in [1.82, 2.24) is 14.9 Å². The first-order valence-electron chi connectivity index (χ1n) is 7.30. The molecule has 0 saturated carbocycles. The Morgan fingerprint density at radius 3 is 2.62 bits per heavy atom. The van der Waals surface area contributed by atoms with Crippen LogP contribution in [0.3, 0.4) is 0 Å². The molecule has 128 valence electrons. The zero-order valence-electron chi connectivity index (χ0n) is 13.4. The van der Waals surface area contributed by atoms with Gasteiger partial charge in [0.2, 0.25) is 11.1 Å². The van der Waals surface area contributed by atoms with E-state index in [0.717, 1.165) is 0 Å². The quantitative estimate of drug-likeness (QED) is 0.443. The number of nitrogen functional groups attached to an aromatic ring is 1. The highest BCUT2D eigenvalue weighted by Crippen LogP contribution is 2.15. The van der Waals surface area contributed by atoms with Crippen molar-refractivity contribution in [2.24, 2.45) is 5.92 Å². The Labute approximate surface area is 143 Å². The largest absolute Gasteiger partial charge is 0.462 e. The van der Waals surface area contributed by atoms with E-state index in [1.165, 1.54) is 22.8 Å². The lowest BCUT2D eigenvalue weighted by atomic mass is 10.2. The van der Waals surface area contributed by atoms with Gasteiger partial charge in [-0.15, -0.1) is 10.2 Å². The smallest absolute Gasteiger partial charge is 0.338 e. The van der Waals surface area contributed by atoms with Crippen LogP contribution in [-0.2, 0) is 9.53 Å². The maximum absolute atomic E-state index is 11.9. The van der Waals surface area contributed by atoms with Gasteiger partial charge in [-0.1, -0.05) is 25.6 Å². The highest BCUT2D eigenvalue weighted by atomic mass is 32.2. The van der Waals surface area contributed by atoms with Gasteiger partial charge in [-0.3, -0.25) is 4.79 Å². The topological polar surface area (TPSA) is 112 Å². The number of aromatic nitrogens is 3. The Kier molecular flexibility index (Phi) is 6.19. The van der Waals surface area contributed by atoms with Crippen molar-refractivity contribution in [2.75, 3.05) is 23.5 Å². The fourth-order valence-corrected chi connectivity index (χ4v) is 2.31. The van der Waals surface area contributed by atoms with Gasteiger partial charge < -0.3 is 15.9 Å². The minimum atomic E-state index is -0.376. The van der Waals surface area contributed by atoms with Crippen LogP contribution >= 0.6 is 11.8 Å². The van der Waals surface area contributed by atoms with Crippen LogP contribution in [-0.4, -0.2) is 39.1 Å². The summed E-state index contributed by atoms with van der Waals surface area (Å²) in [5.41, 5.74) is 1.04. The summed E-state index contributed by atoms with van der Waals surface area (Å²) in [6.07, 6.45) is 1.36. The summed E-state index contributed by atoms with van der Waals surface area (Å²) in [6, 6.07) is 6.53. The number of carbonyl (C=O) groups excluding carboxylic acids is 2. The zero-order chi connectivity index (χ0) is 17.5. The first-order valence-corrected chi connectivity index (χ1v) is 8.29. The molecule has 0 spiro atoms. The van der Waals surface area contributed by atoms with Crippen LogP contribution in [0, 0.1) is 5.92 Å². The van der Waals surface area contributed by atoms with Crippen LogP contribution in [0.1, 0.15) is 24.2 Å². The van der Waals surface area contributed by atoms with Crippen LogP contribution in [0.5, 0.6) is 0 Å². The fraction of sp³-hybridized carbons (Fsp3) is 0.333. The van der Waals surface area contributed by atoms with Crippen LogP contribution in [0.15, 0.2) is 35.7 Å². The first-order chi connectivity index (χ1) is 11.5. The fourth-order valence-electron chi connectivity index (χ4n) is 1.68. The van der Waals surface area contributed by atoms with Gasteiger partial charge in [-0.2, -0.15) is 0 Å². The van der Waals surface area contributed by atoms with Gasteiger partial charge >= 0.3 is 5.97 Å². The van der Waals surface area contributed by atoms with Crippen LogP contribution < -0.4 is 11.2 Å². The molecule has 9 heteroatoms. The maximum atomic E-state index is 11.9. The lowest BCUT2D eigenvalue weighted by Gasteiger charge is -2.08. The second kappa shape index (κ2) is 8.34. The number of hydrogen-bond donors (Lipinski definition) is 2. The van der Waals surface area contributed by atoms with Gasteiger partial charge in [0, 0.05) is 5.69 Å². The molecule has 8 nitrogen and oxygen atoms in total. The molecule has 1 aromatic heterocycles. The summed E-state index contributed by atoms with van der Waals surface area (Å²) in [5, 5.41) is 10.6. The molecule has 0 aliphatic carbocycles. The zero-order valence-corrected chi connectivity index (χ0v) is 14.2. The molecule has 1 amide bonds. The first kappa shape index (κ1) is 17.8. The Morgan fingerprint density at radius 1 is 1.33 bits per heavy atom. The predicted octanol–water partition coefficient (Wildman–Crippen LogP) is 1.54. The van der Waals surface area contributed by atoms with Gasteiger partial charge in [-0.05, 0) is 30.2 Å². The summed E-state index contributed by atoms with van der Waals surface area (Å²) < 4.78 is 6.39. The molecule has 0 fully saturated rings. The summed E-state index contributed by atoms with van der Waals surface area (Å²) in [5.74, 6) is 5.41. The molecule has 0 radical (unpaired) electrons. The summed E-state index contributed by atoms with van der Waals surface area (Å²) >= 11 is 1.18. The normalized spacial score (nSPS) is 10.6. The predicted molar refractivity (Wildman–Crippen MR) is 91.1 cm³/mol. The van der Waals surface area contributed by atoms with Crippen molar-refractivity contribution < 1.29 is 14.3 Å². The Hall–Kier alpha value is -2.55. The summed E-state index contributed by atoms with van der Waals surface area (Å²) in [7, 11) is 0. The van der Waals surface area contributed by atoms with E-state index in [2.05, 4.69) is 15.5 Å². The van der Waals surface area contributed by atoms with Crippen molar-refractivity contribution in [1.29, 1.82) is 0 Å². The molecule has 3 N–H and O–H groups in total. The SMILES string of the molecule is CC(C)COC(=O)c1ccc(NC(=O)CSc2nncn2N)cc1. The average molecular weight is 349 g/mol. The number of thioether (sulfide) groups is 1. The van der Waals surface area contributed by atoms with Crippen molar-refractivity contribution in [2.45, 2.75) is 19.0 Å². The Balaban J connectivity index is 1.83. The number of nitrogens with two attached hydrogens (primary N) is 1. The molecule has 2 aromatic rings. The van der Waals surface area contributed by atoms with Gasteiger partial charge in [-0.25, -0.2) is 9.47 Å². The average Bonchev–Trinajstić information content (AvgIpc) is 2.96. The Bertz CT molecular complexity index is 699. The van der Waals surface area contributed by atoms with Crippen LogP contribution in [0.2, 0.25) is 0 Å². The van der Waals surface area contributed by atoms with Crippen molar-refractivity contribution in [3.8, 4) is 0 Å². The summed E-state index contributed by atoms with van der Waals surface area (Å²) in [6.45, 7) is 4.31. The van der Waals surface area contributed by atoms with Crippen molar-refractivity contribution in [3.05, 3.63) is 36.2 Å². The molecule has 0 bridgehead atoms. The third-order valence-electron chi connectivity index (χ3n) is 2.82. The van der Waals surface area contributed by atoms with E-state index in [9.17, 15) is 9.59 Å². The number of amides is 1. The van der Waals surface area contributed by atoms with E-state index in [0.29, 0.717) is 23.0 Å². The number of rotatable bonds is 7. The maximum Gasteiger partial charge on any atom is 0.338 e. The molecule has 1 heterocycles. The van der Waals surface area contributed by atoms with Crippen molar-refractivity contribution >= 4 is 29.3 Å². The van der Waals surface area contributed by atoms with Crippen molar-refractivity contribution in [3.63, 3.8) is 0 Å². The van der Waals surface area contributed by atoms with E-state index < -0.39 is 0 Å². The second-order valence-corrected chi connectivity index (χ2v) is 6.37. The lowest BCUT2D eigenvalue weighted by molar-refractivity contribution is -0.113. The number of carbonyl (C=O) groups is 2. The van der Waals surface area contributed by atoms with Crippen LogP contribution in [0.25, 0.3) is 0 Å². The molecule has 0 saturated heterocycles. The molecular formula is C15H19N5O3S. The highest BCUT2D eigenvalue weighted by Gasteiger charge is 2.10. The highest BCUT2D eigenvalue weighted by molar-refractivity contribution is 7.99. The van der Waals surface area contributed by atoms with Gasteiger partial charge in [0.15, 0.2) is 0 Å². The molecule has 2 rings (SSSR count).